The van der Waals surface area contributed by atoms with Crippen LogP contribution in [0.3, 0.4) is 0 Å². The van der Waals surface area contributed by atoms with Crippen LogP contribution in [0.2, 0.25) is 0 Å². The fourth-order valence-electron chi connectivity index (χ4n) is 5.54. The maximum Gasteiger partial charge on any atom is 0.260 e. The molecule has 3 atom stereocenters. The molecular formula is C20H25NO4S. The molecule has 1 aromatic carbocycles. The van der Waals surface area contributed by atoms with Crippen LogP contribution in [0.1, 0.15) is 38.7 Å². The molecule has 0 N–H and O–H groups in total. The van der Waals surface area contributed by atoms with Gasteiger partial charge in [0.2, 0.25) is 10.0 Å². The number of carbonyl (C=O) groups excluding carboxylic acids is 1. The highest BCUT2D eigenvalue weighted by Crippen LogP contribution is 2.69. The van der Waals surface area contributed by atoms with Gasteiger partial charge in [0.15, 0.2) is 0 Å². The largest absolute Gasteiger partial charge is 0.497 e. The number of nitrogens with zero attached hydrogens (tertiary/aromatic N) is 1. The molecule has 140 valence electrons. The molecule has 2 saturated carbocycles. The number of hydrogen-bond donors (Lipinski definition) is 0. The van der Waals surface area contributed by atoms with Crippen LogP contribution in [-0.2, 0) is 14.8 Å². The van der Waals surface area contributed by atoms with Gasteiger partial charge in [0.1, 0.15) is 5.75 Å². The fourth-order valence-corrected chi connectivity index (χ4v) is 8.04. The van der Waals surface area contributed by atoms with Gasteiger partial charge in [0.05, 0.1) is 18.9 Å². The summed E-state index contributed by atoms with van der Waals surface area (Å²) < 4.78 is 32.0. The van der Waals surface area contributed by atoms with E-state index in [2.05, 4.69) is 13.8 Å². The van der Waals surface area contributed by atoms with E-state index in [4.69, 9.17) is 4.74 Å². The van der Waals surface area contributed by atoms with Gasteiger partial charge in [0.25, 0.3) is 5.91 Å². The number of ether oxygens (including phenoxy) is 1. The van der Waals surface area contributed by atoms with E-state index in [9.17, 15) is 13.2 Å². The van der Waals surface area contributed by atoms with Crippen molar-refractivity contribution in [2.24, 2.45) is 16.7 Å². The minimum atomic E-state index is -3.56. The lowest BCUT2D eigenvalue weighted by Crippen LogP contribution is -2.43. The van der Waals surface area contributed by atoms with Crippen molar-refractivity contribution in [2.45, 2.75) is 39.2 Å². The quantitative estimate of drug-likeness (QED) is 0.762. The van der Waals surface area contributed by atoms with Crippen molar-refractivity contribution < 1.29 is 17.9 Å². The smallest absolute Gasteiger partial charge is 0.260 e. The number of hydrogen-bond acceptors (Lipinski definition) is 4. The second kappa shape index (κ2) is 5.59. The first-order chi connectivity index (χ1) is 12.2. The van der Waals surface area contributed by atoms with Crippen LogP contribution < -0.4 is 4.74 Å². The standard InChI is InChI=1S/C20H25NO4S/c1-19(2)15-10-11-20(19)13-26(23,24)21(17(20)12-15)18(22)9-6-14-4-7-16(25-3)8-5-14/h4-9,15,17H,10-13H2,1-3H3/b9-6+/t15-,17+,20-/m0/s1. The van der Waals surface area contributed by atoms with Gasteiger partial charge in [-0.3, -0.25) is 4.79 Å². The molecule has 3 fully saturated rings. The Morgan fingerprint density at radius 1 is 1.27 bits per heavy atom. The third-order valence-electron chi connectivity index (χ3n) is 7.16. The summed E-state index contributed by atoms with van der Waals surface area (Å²) in [5.74, 6) is 0.924. The summed E-state index contributed by atoms with van der Waals surface area (Å²) >= 11 is 0. The molecule has 1 aliphatic heterocycles. The number of carbonyl (C=O) groups is 1. The summed E-state index contributed by atoms with van der Waals surface area (Å²) in [6.45, 7) is 4.36. The number of sulfonamides is 1. The summed E-state index contributed by atoms with van der Waals surface area (Å²) in [6.07, 6.45) is 5.83. The number of methoxy groups -OCH3 is 1. The van der Waals surface area contributed by atoms with E-state index in [1.54, 1.807) is 13.2 Å². The van der Waals surface area contributed by atoms with E-state index in [0.29, 0.717) is 5.92 Å². The van der Waals surface area contributed by atoms with E-state index in [1.807, 2.05) is 24.3 Å². The zero-order chi connectivity index (χ0) is 18.7. The van der Waals surface area contributed by atoms with Crippen LogP contribution >= 0.6 is 0 Å². The van der Waals surface area contributed by atoms with E-state index >= 15 is 0 Å². The Hall–Kier alpha value is -1.82. The predicted octanol–water partition coefficient (Wildman–Crippen LogP) is 3.08. The Morgan fingerprint density at radius 2 is 1.96 bits per heavy atom. The zero-order valence-corrected chi connectivity index (χ0v) is 16.3. The summed E-state index contributed by atoms with van der Waals surface area (Å²) in [5.41, 5.74) is 0.526. The third-order valence-corrected chi connectivity index (χ3v) is 9.08. The second-order valence-electron chi connectivity index (χ2n) is 8.36. The SMILES string of the molecule is COc1ccc(/C=C/C(=O)N2[C@@H]3C[C@@H]4CC[C@@]3(CS2(=O)=O)C4(C)C)cc1. The van der Waals surface area contributed by atoms with Gasteiger partial charge >= 0.3 is 0 Å². The number of amides is 1. The predicted molar refractivity (Wildman–Crippen MR) is 100 cm³/mol. The molecule has 0 aromatic heterocycles. The first kappa shape index (κ1) is 17.6. The highest BCUT2D eigenvalue weighted by atomic mass is 32.2. The number of fused-ring (bicyclic) bond motifs is 1. The minimum absolute atomic E-state index is 0.0283. The number of benzene rings is 1. The average molecular weight is 375 g/mol. The van der Waals surface area contributed by atoms with Crippen LogP contribution in [-0.4, -0.2) is 37.5 Å². The molecule has 1 saturated heterocycles. The molecule has 2 aliphatic carbocycles. The molecule has 1 amide bonds. The van der Waals surface area contributed by atoms with Crippen molar-refractivity contribution in [3.05, 3.63) is 35.9 Å². The average Bonchev–Trinajstić information content (AvgIpc) is 3.07. The van der Waals surface area contributed by atoms with Gasteiger partial charge in [0, 0.05) is 11.5 Å². The molecule has 1 aromatic rings. The van der Waals surface area contributed by atoms with Gasteiger partial charge in [-0.2, -0.15) is 0 Å². The van der Waals surface area contributed by atoms with Crippen molar-refractivity contribution in [2.75, 3.05) is 12.9 Å². The Morgan fingerprint density at radius 3 is 2.58 bits per heavy atom. The first-order valence-corrected chi connectivity index (χ1v) is 10.7. The Bertz CT molecular complexity index is 872. The first-order valence-electron chi connectivity index (χ1n) is 9.09. The van der Waals surface area contributed by atoms with Gasteiger partial charge in [-0.1, -0.05) is 26.0 Å². The molecule has 1 spiro atoms. The molecule has 2 bridgehead atoms. The number of rotatable bonds is 3. The zero-order valence-electron chi connectivity index (χ0n) is 15.4. The summed E-state index contributed by atoms with van der Waals surface area (Å²) in [5, 5.41) is 0. The minimum Gasteiger partial charge on any atom is -0.497 e. The molecule has 1 heterocycles. The highest BCUT2D eigenvalue weighted by Gasteiger charge is 2.72. The lowest BCUT2D eigenvalue weighted by Gasteiger charge is -2.36. The maximum absolute atomic E-state index is 12.8. The Kier molecular flexibility index (Phi) is 3.78. The van der Waals surface area contributed by atoms with Crippen molar-refractivity contribution in [3.63, 3.8) is 0 Å². The third kappa shape index (κ3) is 2.27. The Balaban J connectivity index is 1.61. The molecule has 5 nitrogen and oxygen atoms in total. The van der Waals surface area contributed by atoms with Crippen LogP contribution in [0.4, 0.5) is 0 Å². The lowest BCUT2D eigenvalue weighted by atomic mass is 9.69. The van der Waals surface area contributed by atoms with E-state index < -0.39 is 15.9 Å². The summed E-state index contributed by atoms with van der Waals surface area (Å²) in [4.78, 5) is 12.8. The van der Waals surface area contributed by atoms with Crippen molar-refractivity contribution in [1.29, 1.82) is 0 Å². The maximum atomic E-state index is 12.8. The molecule has 26 heavy (non-hydrogen) atoms. The van der Waals surface area contributed by atoms with Gasteiger partial charge in [-0.15, -0.1) is 0 Å². The lowest BCUT2D eigenvalue weighted by molar-refractivity contribution is -0.123. The van der Waals surface area contributed by atoms with E-state index in [-0.39, 0.29) is 22.6 Å². The van der Waals surface area contributed by atoms with Crippen molar-refractivity contribution in [3.8, 4) is 5.75 Å². The van der Waals surface area contributed by atoms with Crippen LogP contribution in [0.15, 0.2) is 30.3 Å². The fraction of sp³-hybridized carbons (Fsp3) is 0.550. The van der Waals surface area contributed by atoms with E-state index in [0.717, 1.165) is 30.6 Å². The van der Waals surface area contributed by atoms with Crippen LogP contribution in [0, 0.1) is 16.7 Å². The summed E-state index contributed by atoms with van der Waals surface area (Å²) in [6, 6.07) is 7.11. The van der Waals surface area contributed by atoms with Gasteiger partial charge in [-0.25, -0.2) is 12.7 Å². The molecule has 0 radical (unpaired) electrons. The van der Waals surface area contributed by atoms with Crippen LogP contribution in [0.25, 0.3) is 6.08 Å². The van der Waals surface area contributed by atoms with E-state index in [1.165, 1.54) is 10.4 Å². The molecular weight excluding hydrogens is 350 g/mol. The van der Waals surface area contributed by atoms with Crippen LogP contribution in [0.5, 0.6) is 5.75 Å². The Labute approximate surface area is 155 Å². The molecule has 0 unspecified atom stereocenters. The summed E-state index contributed by atoms with van der Waals surface area (Å²) in [7, 11) is -1.97. The monoisotopic (exact) mass is 375 g/mol. The molecule has 3 aliphatic rings. The van der Waals surface area contributed by atoms with Crippen molar-refractivity contribution in [1.82, 2.24) is 4.31 Å². The van der Waals surface area contributed by atoms with Gasteiger partial charge < -0.3 is 4.74 Å². The highest BCUT2D eigenvalue weighted by molar-refractivity contribution is 7.90. The van der Waals surface area contributed by atoms with Crippen molar-refractivity contribution >= 4 is 22.0 Å². The second-order valence-corrected chi connectivity index (χ2v) is 10.2. The van der Waals surface area contributed by atoms with Gasteiger partial charge in [-0.05, 0) is 54.4 Å². The normalized spacial score (nSPS) is 33.6. The molecule has 4 rings (SSSR count). The molecule has 6 heteroatoms. The topological polar surface area (TPSA) is 63.7 Å².